The molecule has 0 aliphatic carbocycles. The van der Waals surface area contributed by atoms with Crippen LogP contribution in [0.2, 0.25) is 0 Å². The summed E-state index contributed by atoms with van der Waals surface area (Å²) in [6.45, 7) is 1.97. The van der Waals surface area contributed by atoms with Gasteiger partial charge < -0.3 is 21.2 Å². The molecule has 0 aliphatic heterocycles. The van der Waals surface area contributed by atoms with Crippen molar-refractivity contribution in [1.29, 1.82) is 0 Å². The number of aromatic nitrogens is 2. The molecule has 3 rings (SSSR count). The normalized spacial score (nSPS) is 10.1. The molecule has 0 atom stereocenters. The minimum atomic E-state index is -0.634. The van der Waals surface area contributed by atoms with Gasteiger partial charge in [-0.2, -0.15) is 4.98 Å². The van der Waals surface area contributed by atoms with Gasteiger partial charge in [-0.3, -0.25) is 4.79 Å². The van der Waals surface area contributed by atoms with Crippen molar-refractivity contribution in [1.82, 2.24) is 9.97 Å². The molecule has 0 unspecified atom stereocenters. The van der Waals surface area contributed by atoms with Crippen LogP contribution in [0.5, 0.6) is 6.01 Å². The van der Waals surface area contributed by atoms with Gasteiger partial charge in [-0.25, -0.2) is 10.5 Å². The molecule has 0 fully saturated rings. The molecule has 8 heteroatoms. The van der Waals surface area contributed by atoms with Crippen LogP contribution >= 0.6 is 0 Å². The fraction of sp³-hybridized carbons (Fsp3) is 0.105. The smallest absolute Gasteiger partial charge is 0.344 e. The molecule has 1 amide bonds. The molecule has 1 heterocycles. The zero-order chi connectivity index (χ0) is 19.2. The fourth-order valence-corrected chi connectivity index (χ4v) is 2.44. The Hall–Kier alpha value is -3.81. The maximum absolute atomic E-state index is 11.7. The van der Waals surface area contributed by atoms with Crippen LogP contribution in [0.1, 0.15) is 15.9 Å². The number of carbonyl (C=O) groups excluding carboxylic acids is 1. The average molecular weight is 364 g/mol. The van der Waals surface area contributed by atoms with E-state index < -0.39 is 5.91 Å². The number of anilines is 4. The van der Waals surface area contributed by atoms with E-state index >= 15 is 0 Å². The van der Waals surface area contributed by atoms with Crippen LogP contribution in [0, 0.1) is 6.92 Å². The van der Waals surface area contributed by atoms with Gasteiger partial charge in [-0.15, -0.1) is 0 Å². The van der Waals surface area contributed by atoms with Crippen molar-refractivity contribution in [2.75, 3.05) is 23.2 Å². The van der Waals surface area contributed by atoms with Crippen LogP contribution in [0.15, 0.2) is 54.7 Å². The summed E-state index contributed by atoms with van der Waals surface area (Å²) in [4.78, 5) is 25.5. The maximum atomic E-state index is 11.7. The second-order valence-electron chi connectivity index (χ2n) is 5.77. The standard InChI is InChI=1S/C19H20N6O2/c1-12-6-5-7-13(10-12)23-18-14(17(20)26)11-22-19(24-18)27-25-16-9-4-3-8-15(16)21-2/h3-11,21,25H,1-2H3,(H2,20,26)(H,22,23,24). The lowest BCUT2D eigenvalue weighted by Crippen LogP contribution is -2.16. The van der Waals surface area contributed by atoms with Gasteiger partial charge in [0.15, 0.2) is 5.82 Å². The first kappa shape index (κ1) is 18.0. The number of benzene rings is 2. The van der Waals surface area contributed by atoms with Crippen molar-refractivity contribution in [2.24, 2.45) is 5.73 Å². The third kappa shape index (κ3) is 4.43. The largest absolute Gasteiger partial charge is 0.386 e. The first-order valence-electron chi connectivity index (χ1n) is 8.27. The Morgan fingerprint density at radius 3 is 2.59 bits per heavy atom. The predicted molar refractivity (Wildman–Crippen MR) is 105 cm³/mol. The molecule has 0 saturated carbocycles. The lowest BCUT2D eigenvalue weighted by atomic mass is 10.2. The minimum Gasteiger partial charge on any atom is -0.386 e. The molecule has 0 spiro atoms. The summed E-state index contributed by atoms with van der Waals surface area (Å²) in [5.74, 6) is -0.369. The summed E-state index contributed by atoms with van der Waals surface area (Å²) in [5.41, 5.74) is 11.8. The van der Waals surface area contributed by atoms with Crippen molar-refractivity contribution in [3.05, 3.63) is 65.9 Å². The Kier molecular flexibility index (Phi) is 5.36. The minimum absolute atomic E-state index is 0.0426. The summed E-state index contributed by atoms with van der Waals surface area (Å²) in [7, 11) is 1.81. The van der Waals surface area contributed by atoms with Crippen LogP contribution in [-0.4, -0.2) is 22.9 Å². The van der Waals surface area contributed by atoms with Gasteiger partial charge in [0, 0.05) is 18.9 Å². The molecule has 27 heavy (non-hydrogen) atoms. The number of amides is 1. The van der Waals surface area contributed by atoms with Gasteiger partial charge in [0.25, 0.3) is 5.91 Å². The van der Waals surface area contributed by atoms with Gasteiger partial charge >= 0.3 is 6.01 Å². The first-order valence-corrected chi connectivity index (χ1v) is 8.27. The van der Waals surface area contributed by atoms with Crippen molar-refractivity contribution < 1.29 is 9.63 Å². The summed E-state index contributed by atoms with van der Waals surface area (Å²) >= 11 is 0. The number of rotatable bonds is 7. The van der Waals surface area contributed by atoms with Crippen molar-refractivity contribution in [3.8, 4) is 6.01 Å². The van der Waals surface area contributed by atoms with E-state index in [4.69, 9.17) is 10.6 Å². The van der Waals surface area contributed by atoms with Crippen LogP contribution in [0.25, 0.3) is 0 Å². The number of primary amides is 1. The first-order chi connectivity index (χ1) is 13.1. The van der Waals surface area contributed by atoms with E-state index in [0.29, 0.717) is 0 Å². The highest BCUT2D eigenvalue weighted by Gasteiger charge is 2.14. The van der Waals surface area contributed by atoms with E-state index in [0.717, 1.165) is 22.6 Å². The van der Waals surface area contributed by atoms with Gasteiger partial charge in [-0.05, 0) is 36.8 Å². The second kappa shape index (κ2) is 8.05. The van der Waals surface area contributed by atoms with E-state index in [-0.39, 0.29) is 17.4 Å². The summed E-state index contributed by atoms with van der Waals surface area (Å²) < 4.78 is 0. The molecule has 8 nitrogen and oxygen atoms in total. The van der Waals surface area contributed by atoms with Crippen LogP contribution < -0.4 is 26.7 Å². The molecule has 0 bridgehead atoms. The quantitative estimate of drug-likeness (QED) is 0.476. The molecule has 0 aliphatic rings. The Labute approximate surface area is 156 Å². The predicted octanol–water partition coefficient (Wildman–Crippen LogP) is 3.08. The van der Waals surface area contributed by atoms with Crippen molar-refractivity contribution in [3.63, 3.8) is 0 Å². The van der Waals surface area contributed by atoms with E-state index in [1.165, 1.54) is 6.20 Å². The number of carbonyl (C=O) groups is 1. The lowest BCUT2D eigenvalue weighted by Gasteiger charge is -2.13. The zero-order valence-electron chi connectivity index (χ0n) is 15.0. The van der Waals surface area contributed by atoms with Gasteiger partial charge in [-0.1, -0.05) is 24.3 Å². The van der Waals surface area contributed by atoms with Gasteiger partial charge in [0.2, 0.25) is 0 Å². The number of hydrogen-bond acceptors (Lipinski definition) is 7. The highest BCUT2D eigenvalue weighted by Crippen LogP contribution is 2.23. The second-order valence-corrected chi connectivity index (χ2v) is 5.77. The van der Waals surface area contributed by atoms with Crippen LogP contribution in [0.3, 0.4) is 0 Å². The van der Waals surface area contributed by atoms with E-state index in [9.17, 15) is 4.79 Å². The zero-order valence-corrected chi connectivity index (χ0v) is 15.0. The van der Waals surface area contributed by atoms with E-state index in [1.807, 2.05) is 62.5 Å². The van der Waals surface area contributed by atoms with Crippen molar-refractivity contribution in [2.45, 2.75) is 6.92 Å². The molecule has 138 valence electrons. The Balaban J connectivity index is 1.83. The average Bonchev–Trinajstić information content (AvgIpc) is 2.66. The molecule has 3 aromatic rings. The summed E-state index contributed by atoms with van der Waals surface area (Å²) in [6.07, 6.45) is 1.33. The summed E-state index contributed by atoms with van der Waals surface area (Å²) in [5, 5.41) is 6.13. The van der Waals surface area contributed by atoms with Gasteiger partial charge in [0.05, 0.1) is 11.4 Å². The molecule has 0 radical (unpaired) electrons. The van der Waals surface area contributed by atoms with Gasteiger partial charge in [0.1, 0.15) is 5.56 Å². The van der Waals surface area contributed by atoms with E-state index in [1.54, 1.807) is 0 Å². The number of aryl methyl sites for hydroxylation is 1. The molecule has 5 N–H and O–H groups in total. The maximum Gasteiger partial charge on any atom is 0.344 e. The monoisotopic (exact) mass is 364 g/mol. The SMILES string of the molecule is CNc1ccccc1NOc1ncc(C(N)=O)c(Nc2cccc(C)c2)n1. The molecular weight excluding hydrogens is 344 g/mol. The Bertz CT molecular complexity index is 960. The molecule has 0 saturated heterocycles. The topological polar surface area (TPSA) is 114 Å². The fourth-order valence-electron chi connectivity index (χ4n) is 2.44. The van der Waals surface area contributed by atoms with Crippen LogP contribution in [0.4, 0.5) is 22.9 Å². The highest BCUT2D eigenvalue weighted by molar-refractivity contribution is 5.97. The number of nitrogens with one attached hydrogen (secondary N) is 3. The van der Waals surface area contributed by atoms with Crippen molar-refractivity contribution >= 4 is 28.8 Å². The highest BCUT2D eigenvalue weighted by atomic mass is 16.7. The molecule has 1 aromatic heterocycles. The Morgan fingerprint density at radius 1 is 1.11 bits per heavy atom. The molecule has 2 aromatic carbocycles. The Morgan fingerprint density at radius 2 is 1.89 bits per heavy atom. The third-order valence-electron chi connectivity index (χ3n) is 3.76. The number of para-hydroxylation sites is 2. The number of nitrogens with two attached hydrogens (primary N) is 1. The number of nitrogens with zero attached hydrogens (tertiary/aromatic N) is 2. The molecular formula is C19H20N6O2. The third-order valence-corrected chi connectivity index (χ3v) is 3.76. The van der Waals surface area contributed by atoms with Crippen LogP contribution in [-0.2, 0) is 0 Å². The lowest BCUT2D eigenvalue weighted by molar-refractivity contribution is 0.100. The summed E-state index contributed by atoms with van der Waals surface area (Å²) in [6, 6.07) is 15.2. The van der Waals surface area contributed by atoms with E-state index in [2.05, 4.69) is 26.1 Å². The number of hydrogen-bond donors (Lipinski definition) is 4.